The molecule has 0 amide bonds. The van der Waals surface area contributed by atoms with Gasteiger partial charge >= 0.3 is 0 Å². The van der Waals surface area contributed by atoms with Crippen molar-refractivity contribution in [2.75, 3.05) is 32.1 Å². The number of piperidine rings is 1. The van der Waals surface area contributed by atoms with Crippen molar-refractivity contribution in [3.05, 3.63) is 29.6 Å². The maximum absolute atomic E-state index is 13.9. The largest absolute Gasteiger partial charge is 0.369 e. The SMILES string of the molecule is CC(=O)c1c(F)cccc1N1CCCC(N(C)C)C1. The zero-order valence-electron chi connectivity index (χ0n) is 11.8. The minimum absolute atomic E-state index is 0.208. The van der Waals surface area contributed by atoms with E-state index in [4.69, 9.17) is 0 Å². The van der Waals surface area contributed by atoms with E-state index in [0.29, 0.717) is 6.04 Å². The van der Waals surface area contributed by atoms with Crippen LogP contribution in [0.1, 0.15) is 30.1 Å². The Morgan fingerprint density at radius 1 is 1.42 bits per heavy atom. The van der Waals surface area contributed by atoms with E-state index in [1.165, 1.54) is 13.0 Å². The highest BCUT2D eigenvalue weighted by Crippen LogP contribution is 2.27. The second kappa shape index (κ2) is 5.70. The Hall–Kier alpha value is -1.42. The van der Waals surface area contributed by atoms with Crippen LogP contribution < -0.4 is 4.90 Å². The predicted octanol–water partition coefficient (Wildman–Crippen LogP) is 2.56. The van der Waals surface area contributed by atoms with Gasteiger partial charge in [-0.25, -0.2) is 4.39 Å². The van der Waals surface area contributed by atoms with Gasteiger partial charge in [0.15, 0.2) is 5.78 Å². The van der Waals surface area contributed by atoms with Gasteiger partial charge in [0, 0.05) is 19.1 Å². The van der Waals surface area contributed by atoms with Crippen molar-refractivity contribution in [3.8, 4) is 0 Å². The van der Waals surface area contributed by atoms with Crippen LogP contribution in [0.5, 0.6) is 0 Å². The molecular weight excluding hydrogens is 243 g/mol. The normalized spacial score (nSPS) is 19.8. The number of ketones is 1. The van der Waals surface area contributed by atoms with Crippen molar-refractivity contribution < 1.29 is 9.18 Å². The summed E-state index contributed by atoms with van der Waals surface area (Å²) in [6.45, 7) is 3.15. The van der Waals surface area contributed by atoms with E-state index in [1.807, 2.05) is 6.07 Å². The van der Waals surface area contributed by atoms with Crippen LogP contribution in [0.15, 0.2) is 18.2 Å². The average molecular weight is 264 g/mol. The predicted molar refractivity (Wildman–Crippen MR) is 75.3 cm³/mol. The van der Waals surface area contributed by atoms with Crippen molar-refractivity contribution in [1.82, 2.24) is 4.90 Å². The topological polar surface area (TPSA) is 23.6 Å². The Kier molecular flexibility index (Phi) is 4.20. The summed E-state index contributed by atoms with van der Waals surface area (Å²) >= 11 is 0. The van der Waals surface area contributed by atoms with Gasteiger partial charge in [0.05, 0.1) is 11.3 Å². The third kappa shape index (κ3) is 2.95. The first-order valence-electron chi connectivity index (χ1n) is 6.71. The molecule has 1 aliphatic rings. The summed E-state index contributed by atoms with van der Waals surface area (Å²) in [5, 5.41) is 0. The lowest BCUT2D eigenvalue weighted by atomic mass is 10.0. The molecule has 0 N–H and O–H groups in total. The summed E-state index contributed by atoms with van der Waals surface area (Å²) in [5.41, 5.74) is 0.959. The lowest BCUT2D eigenvalue weighted by Gasteiger charge is -2.38. The highest BCUT2D eigenvalue weighted by Gasteiger charge is 2.25. The highest BCUT2D eigenvalue weighted by atomic mass is 19.1. The fourth-order valence-electron chi connectivity index (χ4n) is 2.72. The van der Waals surface area contributed by atoms with Gasteiger partial charge < -0.3 is 9.80 Å². The molecule has 0 spiro atoms. The Balaban J connectivity index is 2.31. The van der Waals surface area contributed by atoms with Crippen molar-refractivity contribution in [3.63, 3.8) is 0 Å². The number of benzene rings is 1. The van der Waals surface area contributed by atoms with Crippen LogP contribution in [-0.4, -0.2) is 43.9 Å². The number of nitrogens with zero attached hydrogens (tertiary/aromatic N) is 2. The van der Waals surface area contributed by atoms with Gasteiger partial charge in [-0.2, -0.15) is 0 Å². The number of hydrogen-bond donors (Lipinski definition) is 0. The van der Waals surface area contributed by atoms with Gasteiger partial charge in [0.1, 0.15) is 5.82 Å². The lowest BCUT2D eigenvalue weighted by molar-refractivity contribution is 0.101. The molecule has 1 saturated heterocycles. The molecule has 0 bridgehead atoms. The van der Waals surface area contributed by atoms with Crippen LogP contribution in [0, 0.1) is 5.82 Å². The number of rotatable bonds is 3. The smallest absolute Gasteiger partial charge is 0.164 e. The summed E-state index contributed by atoms with van der Waals surface area (Å²) in [4.78, 5) is 16.0. The highest BCUT2D eigenvalue weighted by molar-refractivity contribution is 6.00. The maximum Gasteiger partial charge on any atom is 0.164 e. The van der Waals surface area contributed by atoms with E-state index in [9.17, 15) is 9.18 Å². The standard InChI is InChI=1S/C15H21FN2O/c1-11(19)15-13(16)7-4-8-14(15)18-9-5-6-12(10-18)17(2)3/h4,7-8,12H,5-6,9-10H2,1-3H3. The van der Waals surface area contributed by atoms with Crippen molar-refractivity contribution in [1.29, 1.82) is 0 Å². The number of halogens is 1. The molecule has 4 heteroatoms. The molecule has 1 heterocycles. The van der Waals surface area contributed by atoms with Gasteiger partial charge in [0.25, 0.3) is 0 Å². The fourth-order valence-corrected chi connectivity index (χ4v) is 2.72. The number of carbonyl (C=O) groups excluding carboxylic acids is 1. The second-order valence-corrected chi connectivity index (χ2v) is 5.40. The zero-order chi connectivity index (χ0) is 14.0. The molecule has 0 aromatic heterocycles. The number of likely N-dealkylation sites (N-methyl/N-ethyl adjacent to an activating group) is 1. The second-order valence-electron chi connectivity index (χ2n) is 5.40. The molecule has 0 radical (unpaired) electrons. The van der Waals surface area contributed by atoms with E-state index < -0.39 is 5.82 Å². The molecule has 1 atom stereocenters. The van der Waals surface area contributed by atoms with Crippen LogP contribution in [-0.2, 0) is 0 Å². The molecule has 1 aromatic carbocycles. The monoisotopic (exact) mass is 264 g/mol. The lowest BCUT2D eigenvalue weighted by Crippen LogP contribution is -2.45. The molecule has 0 saturated carbocycles. The Labute approximate surface area is 114 Å². The first kappa shape index (κ1) is 14.0. The molecule has 19 heavy (non-hydrogen) atoms. The van der Waals surface area contributed by atoms with E-state index in [0.717, 1.165) is 31.6 Å². The number of carbonyl (C=O) groups is 1. The van der Waals surface area contributed by atoms with Crippen LogP contribution in [0.3, 0.4) is 0 Å². The molecule has 3 nitrogen and oxygen atoms in total. The van der Waals surface area contributed by atoms with Gasteiger partial charge in [-0.1, -0.05) is 6.07 Å². The maximum atomic E-state index is 13.9. The number of Topliss-reactive ketones (excluding diaryl/α,β-unsaturated/α-hetero) is 1. The Morgan fingerprint density at radius 2 is 2.16 bits per heavy atom. The molecule has 104 valence electrons. The zero-order valence-corrected chi connectivity index (χ0v) is 11.8. The van der Waals surface area contributed by atoms with E-state index in [1.54, 1.807) is 6.07 Å². The van der Waals surface area contributed by atoms with Gasteiger partial charge in [-0.05, 0) is 46.0 Å². The van der Waals surface area contributed by atoms with Crippen LogP contribution >= 0.6 is 0 Å². The number of hydrogen-bond acceptors (Lipinski definition) is 3. The van der Waals surface area contributed by atoms with E-state index in [-0.39, 0.29) is 11.3 Å². The Morgan fingerprint density at radius 3 is 2.79 bits per heavy atom. The first-order valence-corrected chi connectivity index (χ1v) is 6.71. The molecule has 2 rings (SSSR count). The van der Waals surface area contributed by atoms with Crippen LogP contribution in [0.4, 0.5) is 10.1 Å². The van der Waals surface area contributed by atoms with Crippen molar-refractivity contribution in [2.24, 2.45) is 0 Å². The van der Waals surface area contributed by atoms with Crippen LogP contribution in [0.25, 0.3) is 0 Å². The van der Waals surface area contributed by atoms with Gasteiger partial charge in [0.2, 0.25) is 0 Å². The number of anilines is 1. The minimum Gasteiger partial charge on any atom is -0.369 e. The van der Waals surface area contributed by atoms with Crippen LogP contribution in [0.2, 0.25) is 0 Å². The third-order valence-electron chi connectivity index (χ3n) is 3.81. The van der Waals surface area contributed by atoms with Gasteiger partial charge in [-0.15, -0.1) is 0 Å². The quantitative estimate of drug-likeness (QED) is 0.784. The Bertz CT molecular complexity index is 473. The first-order chi connectivity index (χ1) is 9.00. The van der Waals surface area contributed by atoms with E-state index in [2.05, 4.69) is 23.9 Å². The third-order valence-corrected chi connectivity index (χ3v) is 3.81. The van der Waals surface area contributed by atoms with E-state index >= 15 is 0 Å². The van der Waals surface area contributed by atoms with Crippen molar-refractivity contribution in [2.45, 2.75) is 25.8 Å². The summed E-state index contributed by atoms with van der Waals surface area (Å²) < 4.78 is 13.9. The molecular formula is C15H21FN2O. The average Bonchev–Trinajstić information content (AvgIpc) is 2.38. The van der Waals surface area contributed by atoms with Gasteiger partial charge in [-0.3, -0.25) is 4.79 Å². The molecule has 1 aliphatic heterocycles. The molecule has 1 aromatic rings. The molecule has 1 unspecified atom stereocenters. The summed E-state index contributed by atoms with van der Waals surface area (Å²) in [6.07, 6.45) is 2.21. The summed E-state index contributed by atoms with van der Waals surface area (Å²) in [7, 11) is 4.12. The summed E-state index contributed by atoms with van der Waals surface area (Å²) in [6, 6.07) is 5.33. The molecule has 1 fully saturated rings. The van der Waals surface area contributed by atoms with Crippen molar-refractivity contribution >= 4 is 11.5 Å². The minimum atomic E-state index is -0.419. The summed E-state index contributed by atoms with van der Waals surface area (Å²) in [5.74, 6) is -0.628. The fraction of sp³-hybridized carbons (Fsp3) is 0.533. The molecule has 0 aliphatic carbocycles.